The van der Waals surface area contributed by atoms with Gasteiger partial charge in [-0.2, -0.15) is 0 Å². The van der Waals surface area contributed by atoms with Crippen molar-refractivity contribution in [1.29, 1.82) is 0 Å². The van der Waals surface area contributed by atoms with Crippen molar-refractivity contribution in [3.8, 4) is 0 Å². The number of nitrogens with zero attached hydrogens (tertiary/aromatic N) is 2. The van der Waals surface area contributed by atoms with Crippen molar-refractivity contribution in [3.63, 3.8) is 0 Å². The van der Waals surface area contributed by atoms with Gasteiger partial charge in [0.2, 0.25) is 6.41 Å². The molecule has 0 N–H and O–H groups in total. The van der Waals surface area contributed by atoms with Gasteiger partial charge in [-0.3, -0.25) is 4.79 Å². The number of amides is 1. The van der Waals surface area contributed by atoms with Gasteiger partial charge in [0, 0.05) is 19.6 Å². The van der Waals surface area contributed by atoms with Gasteiger partial charge < -0.3 is 9.80 Å². The minimum Gasteiger partial charge on any atom is -0.334 e. The van der Waals surface area contributed by atoms with Crippen LogP contribution in [0.4, 0.5) is 0 Å². The fraction of sp³-hybridized carbons (Fsp3) is 0.458. The van der Waals surface area contributed by atoms with E-state index in [1.807, 2.05) is 29.2 Å². The van der Waals surface area contributed by atoms with Gasteiger partial charge >= 0.3 is 0 Å². The van der Waals surface area contributed by atoms with E-state index in [1.54, 1.807) is 0 Å². The quantitative estimate of drug-likeness (QED) is 0.766. The Morgan fingerprint density at radius 1 is 1.00 bits per heavy atom. The van der Waals surface area contributed by atoms with Crippen LogP contribution >= 0.6 is 0 Å². The van der Waals surface area contributed by atoms with E-state index < -0.39 is 0 Å². The highest BCUT2D eigenvalue weighted by Gasteiger charge is 2.36. The normalized spacial score (nSPS) is 28.3. The number of rotatable bonds is 3. The van der Waals surface area contributed by atoms with Crippen LogP contribution < -0.4 is 0 Å². The lowest BCUT2D eigenvalue weighted by molar-refractivity contribution is -0.119. The molecule has 4 atom stereocenters. The molecule has 2 fully saturated rings. The number of hydrogen-bond donors (Lipinski definition) is 0. The SMILES string of the molecule is CC[C@@H]1CN2CCC1C2.O=CN1CCc2ccccc2[C@@H]1c1ccccc1. The second-order valence-corrected chi connectivity index (χ2v) is 8.08. The summed E-state index contributed by atoms with van der Waals surface area (Å²) in [6.45, 7) is 7.33. The molecule has 3 heterocycles. The van der Waals surface area contributed by atoms with Crippen LogP contribution in [-0.4, -0.2) is 42.4 Å². The van der Waals surface area contributed by atoms with E-state index in [4.69, 9.17) is 0 Å². The van der Waals surface area contributed by atoms with E-state index in [9.17, 15) is 4.79 Å². The first kappa shape index (κ1) is 18.2. The second-order valence-electron chi connectivity index (χ2n) is 8.08. The summed E-state index contributed by atoms with van der Waals surface area (Å²) < 4.78 is 0. The van der Waals surface area contributed by atoms with Crippen LogP contribution in [0.2, 0.25) is 0 Å². The highest BCUT2D eigenvalue weighted by molar-refractivity contribution is 5.54. The molecule has 2 saturated heterocycles. The van der Waals surface area contributed by atoms with Gasteiger partial charge in [-0.1, -0.05) is 67.9 Å². The average molecular weight is 363 g/mol. The van der Waals surface area contributed by atoms with Gasteiger partial charge in [-0.05, 0) is 47.9 Å². The highest BCUT2D eigenvalue weighted by Crippen LogP contribution is 2.35. The maximum Gasteiger partial charge on any atom is 0.210 e. The van der Waals surface area contributed by atoms with Gasteiger partial charge in [-0.25, -0.2) is 0 Å². The summed E-state index contributed by atoms with van der Waals surface area (Å²) in [6.07, 6.45) is 4.80. The number of hydrogen-bond acceptors (Lipinski definition) is 2. The maximum atomic E-state index is 11.3. The molecule has 2 aromatic carbocycles. The topological polar surface area (TPSA) is 23.6 Å². The molecule has 0 radical (unpaired) electrons. The lowest BCUT2D eigenvalue weighted by Crippen LogP contribution is -2.34. The molecule has 2 unspecified atom stereocenters. The molecule has 0 saturated carbocycles. The smallest absolute Gasteiger partial charge is 0.210 e. The Bertz CT molecular complexity index is 760. The summed E-state index contributed by atoms with van der Waals surface area (Å²) in [5.41, 5.74) is 3.78. The molecule has 3 heteroatoms. The Morgan fingerprint density at radius 2 is 1.78 bits per heavy atom. The Balaban J connectivity index is 0.000000167. The minimum atomic E-state index is 0.0636. The largest absolute Gasteiger partial charge is 0.334 e. The van der Waals surface area contributed by atoms with E-state index >= 15 is 0 Å². The van der Waals surface area contributed by atoms with Crippen LogP contribution in [0.25, 0.3) is 0 Å². The molecule has 3 aliphatic heterocycles. The van der Waals surface area contributed by atoms with Crippen LogP contribution in [0.3, 0.4) is 0 Å². The van der Waals surface area contributed by atoms with Crippen LogP contribution in [-0.2, 0) is 11.2 Å². The van der Waals surface area contributed by atoms with E-state index in [2.05, 4.69) is 42.2 Å². The molecule has 0 spiro atoms. The Hall–Kier alpha value is -2.13. The van der Waals surface area contributed by atoms with Crippen molar-refractivity contribution in [3.05, 3.63) is 71.3 Å². The highest BCUT2D eigenvalue weighted by atomic mass is 16.1. The molecule has 5 rings (SSSR count). The van der Waals surface area contributed by atoms with E-state index in [-0.39, 0.29) is 6.04 Å². The van der Waals surface area contributed by atoms with Crippen molar-refractivity contribution in [2.24, 2.45) is 11.8 Å². The number of benzene rings is 2. The fourth-order valence-electron chi connectivity index (χ4n) is 5.06. The predicted molar refractivity (Wildman–Crippen MR) is 110 cm³/mol. The Kier molecular flexibility index (Phi) is 5.58. The summed E-state index contributed by atoms with van der Waals surface area (Å²) in [5, 5.41) is 0. The fourth-order valence-corrected chi connectivity index (χ4v) is 5.06. The monoisotopic (exact) mass is 362 g/mol. The van der Waals surface area contributed by atoms with Gasteiger partial charge in [0.05, 0.1) is 6.04 Å². The molecule has 1 amide bonds. The molecule has 3 aliphatic rings. The molecule has 27 heavy (non-hydrogen) atoms. The zero-order valence-electron chi connectivity index (χ0n) is 16.3. The van der Waals surface area contributed by atoms with Crippen LogP contribution in [0.5, 0.6) is 0 Å². The van der Waals surface area contributed by atoms with Crippen molar-refractivity contribution in [2.45, 2.75) is 32.2 Å². The van der Waals surface area contributed by atoms with Gasteiger partial charge in [0.25, 0.3) is 0 Å². The van der Waals surface area contributed by atoms with Gasteiger partial charge in [-0.15, -0.1) is 0 Å². The van der Waals surface area contributed by atoms with Gasteiger partial charge in [0.1, 0.15) is 0 Å². The lowest BCUT2D eigenvalue weighted by atomic mass is 9.89. The number of carbonyl (C=O) groups excluding carboxylic acids is 1. The third kappa shape index (κ3) is 3.79. The standard InChI is InChI=1S/C16H15NO.C8H15N/c18-12-17-11-10-13-6-4-5-9-15(13)16(17)14-7-2-1-3-8-14;1-2-7-5-9-4-3-8(7)6-9/h1-9,12,16H,10-11H2;7-8H,2-6H2,1H3/t16-;7-,8?/m01/s1. The summed E-state index contributed by atoms with van der Waals surface area (Å²) in [6, 6.07) is 18.7. The molecule has 142 valence electrons. The lowest BCUT2D eigenvalue weighted by Gasteiger charge is -2.35. The molecule has 0 aliphatic carbocycles. The van der Waals surface area contributed by atoms with Crippen LogP contribution in [0.1, 0.15) is 42.5 Å². The van der Waals surface area contributed by atoms with Gasteiger partial charge in [0.15, 0.2) is 0 Å². The number of piperidine rings is 1. The second kappa shape index (κ2) is 8.26. The minimum absolute atomic E-state index is 0.0636. The number of fused-ring (bicyclic) bond motifs is 3. The molecule has 2 aromatic rings. The third-order valence-electron chi connectivity index (χ3n) is 6.56. The summed E-state index contributed by atoms with van der Waals surface area (Å²) in [7, 11) is 0. The van der Waals surface area contributed by atoms with E-state index in [0.29, 0.717) is 0 Å². The van der Waals surface area contributed by atoms with Crippen LogP contribution in [0.15, 0.2) is 54.6 Å². The molecule has 3 nitrogen and oxygen atoms in total. The Morgan fingerprint density at radius 3 is 2.41 bits per heavy atom. The summed E-state index contributed by atoms with van der Waals surface area (Å²) in [5.74, 6) is 2.13. The van der Waals surface area contributed by atoms with Crippen molar-refractivity contribution in [2.75, 3.05) is 26.2 Å². The molecular formula is C24H30N2O. The van der Waals surface area contributed by atoms with Crippen LogP contribution in [0, 0.1) is 11.8 Å². The summed E-state index contributed by atoms with van der Waals surface area (Å²) >= 11 is 0. The first-order valence-corrected chi connectivity index (χ1v) is 10.4. The third-order valence-corrected chi connectivity index (χ3v) is 6.56. The first-order chi connectivity index (χ1) is 13.3. The predicted octanol–water partition coefficient (Wildman–Crippen LogP) is 4.14. The molecule has 2 bridgehead atoms. The maximum absolute atomic E-state index is 11.3. The van der Waals surface area contributed by atoms with Crippen molar-refractivity contribution < 1.29 is 4.79 Å². The summed E-state index contributed by atoms with van der Waals surface area (Å²) in [4.78, 5) is 15.8. The first-order valence-electron chi connectivity index (χ1n) is 10.4. The van der Waals surface area contributed by atoms with E-state index in [0.717, 1.165) is 31.2 Å². The Labute approximate surface area is 163 Å². The van der Waals surface area contributed by atoms with E-state index in [1.165, 1.54) is 49.2 Å². The average Bonchev–Trinajstić information content (AvgIpc) is 3.37. The molecular weight excluding hydrogens is 332 g/mol. The van der Waals surface area contributed by atoms with Crippen molar-refractivity contribution >= 4 is 6.41 Å². The zero-order valence-corrected chi connectivity index (χ0v) is 16.3. The van der Waals surface area contributed by atoms with Crippen molar-refractivity contribution in [1.82, 2.24) is 9.80 Å². The number of carbonyl (C=O) groups is 1. The zero-order chi connectivity index (χ0) is 18.6. The molecule has 0 aromatic heterocycles.